The minimum Gasteiger partial charge on any atom is -0.449 e. The van der Waals surface area contributed by atoms with Crippen LogP contribution in [0.2, 0.25) is 0 Å². The van der Waals surface area contributed by atoms with Gasteiger partial charge in [0.2, 0.25) is 0 Å². The van der Waals surface area contributed by atoms with Gasteiger partial charge in [-0.05, 0) is 40.2 Å². The van der Waals surface area contributed by atoms with Crippen molar-refractivity contribution in [3.63, 3.8) is 0 Å². The van der Waals surface area contributed by atoms with Crippen molar-refractivity contribution < 1.29 is 9.15 Å². The summed E-state index contributed by atoms with van der Waals surface area (Å²) in [6, 6.07) is 1.02. The average Bonchev–Trinajstić information content (AvgIpc) is 2.81. The monoisotopic (exact) mass is 297 g/mol. The molecular weight excluding hydrogens is 266 g/mol. The number of hydrogen-bond acceptors (Lipinski definition) is 5. The van der Waals surface area contributed by atoms with Crippen LogP contribution in [0, 0.1) is 5.92 Å². The fraction of sp³-hybridized carbons (Fsp3) is 0.812. The van der Waals surface area contributed by atoms with Crippen LogP contribution >= 0.6 is 0 Å². The topological polar surface area (TPSA) is 50.5 Å². The summed E-state index contributed by atoms with van der Waals surface area (Å²) in [6.07, 6.45) is 2.02. The Labute approximate surface area is 129 Å². The molecule has 1 rings (SSSR count). The van der Waals surface area contributed by atoms with E-state index in [1.807, 2.05) is 0 Å². The summed E-state index contributed by atoms with van der Waals surface area (Å²) < 4.78 is 10.9. The smallest absolute Gasteiger partial charge is 0.393 e. The first-order chi connectivity index (χ1) is 9.90. The van der Waals surface area contributed by atoms with Crippen molar-refractivity contribution in [1.29, 1.82) is 0 Å². The molecule has 0 aliphatic rings. The molecule has 0 atom stereocenters. The van der Waals surface area contributed by atoms with Gasteiger partial charge in [0.1, 0.15) is 12.9 Å². The lowest BCUT2D eigenvalue weighted by Crippen LogP contribution is -2.39. The molecule has 1 aromatic rings. The van der Waals surface area contributed by atoms with Crippen molar-refractivity contribution in [2.75, 3.05) is 19.7 Å². The molecule has 1 heterocycles. The van der Waals surface area contributed by atoms with Gasteiger partial charge in [0, 0.05) is 25.2 Å². The lowest BCUT2D eigenvalue weighted by molar-refractivity contribution is 0.127. The highest BCUT2D eigenvalue weighted by atomic mass is 16.6. The summed E-state index contributed by atoms with van der Waals surface area (Å²) in [4.78, 5) is 6.71. The van der Waals surface area contributed by atoms with E-state index in [4.69, 9.17) is 9.15 Å². The zero-order valence-electron chi connectivity index (χ0n) is 14.3. The molecule has 1 N–H and O–H groups in total. The number of rotatable bonds is 10. The first kappa shape index (κ1) is 18.0. The van der Waals surface area contributed by atoms with E-state index in [0.717, 1.165) is 25.3 Å². The predicted molar refractivity (Wildman–Crippen MR) is 85.5 cm³/mol. The Kier molecular flexibility index (Phi) is 7.75. The SMILES string of the molecule is CC(C)CNCc1coc(OCCN(C(C)C)C(C)C)n1. The van der Waals surface area contributed by atoms with Gasteiger partial charge in [-0.3, -0.25) is 4.90 Å². The minimum absolute atomic E-state index is 0.365. The number of hydrogen-bond donors (Lipinski definition) is 1. The normalized spacial score (nSPS) is 12.1. The summed E-state index contributed by atoms with van der Waals surface area (Å²) in [5.74, 6) is 0.630. The number of nitrogens with one attached hydrogen (secondary N) is 1. The lowest BCUT2D eigenvalue weighted by atomic mass is 10.2. The van der Waals surface area contributed by atoms with Crippen LogP contribution in [0.25, 0.3) is 0 Å². The average molecular weight is 297 g/mol. The predicted octanol–water partition coefficient (Wildman–Crippen LogP) is 2.92. The Morgan fingerprint density at radius 3 is 2.43 bits per heavy atom. The molecule has 0 fully saturated rings. The largest absolute Gasteiger partial charge is 0.449 e. The molecule has 5 heteroatoms. The summed E-state index contributed by atoms with van der Waals surface area (Å²) in [5, 5.41) is 3.33. The van der Waals surface area contributed by atoms with Crippen LogP contribution in [0.3, 0.4) is 0 Å². The van der Waals surface area contributed by atoms with Crippen LogP contribution in [0.4, 0.5) is 0 Å². The molecule has 0 saturated carbocycles. The van der Waals surface area contributed by atoms with E-state index < -0.39 is 0 Å². The van der Waals surface area contributed by atoms with Gasteiger partial charge in [0.05, 0.1) is 5.69 Å². The van der Waals surface area contributed by atoms with Gasteiger partial charge in [-0.15, -0.1) is 0 Å². The number of nitrogens with zero attached hydrogens (tertiary/aromatic N) is 2. The van der Waals surface area contributed by atoms with Crippen LogP contribution < -0.4 is 10.1 Å². The maximum absolute atomic E-state index is 5.60. The van der Waals surface area contributed by atoms with Gasteiger partial charge < -0.3 is 14.5 Å². The lowest BCUT2D eigenvalue weighted by Gasteiger charge is -2.29. The molecule has 21 heavy (non-hydrogen) atoms. The second-order valence-electron chi connectivity index (χ2n) is 6.40. The third-order valence-corrected chi connectivity index (χ3v) is 3.29. The number of ether oxygens (including phenoxy) is 1. The van der Waals surface area contributed by atoms with Gasteiger partial charge >= 0.3 is 6.08 Å². The Morgan fingerprint density at radius 2 is 1.86 bits per heavy atom. The minimum atomic E-state index is 0.365. The van der Waals surface area contributed by atoms with E-state index in [-0.39, 0.29) is 0 Å². The van der Waals surface area contributed by atoms with E-state index in [2.05, 4.69) is 56.7 Å². The highest BCUT2D eigenvalue weighted by Crippen LogP contribution is 2.11. The zero-order valence-corrected chi connectivity index (χ0v) is 14.3. The highest BCUT2D eigenvalue weighted by Gasteiger charge is 2.13. The van der Waals surface area contributed by atoms with Crippen molar-refractivity contribution in [3.8, 4) is 6.08 Å². The quantitative estimate of drug-likeness (QED) is 0.719. The van der Waals surface area contributed by atoms with Crippen LogP contribution in [0.5, 0.6) is 6.08 Å². The van der Waals surface area contributed by atoms with Crippen molar-refractivity contribution >= 4 is 0 Å². The highest BCUT2D eigenvalue weighted by molar-refractivity contribution is 4.99. The van der Waals surface area contributed by atoms with Gasteiger partial charge in [-0.25, -0.2) is 0 Å². The summed E-state index contributed by atoms with van der Waals surface area (Å²) in [5.41, 5.74) is 0.884. The molecular formula is C16H31N3O2. The third-order valence-electron chi connectivity index (χ3n) is 3.29. The van der Waals surface area contributed by atoms with Gasteiger partial charge in [-0.2, -0.15) is 4.98 Å². The first-order valence-corrected chi connectivity index (χ1v) is 7.93. The Hall–Kier alpha value is -1.07. The Bertz CT molecular complexity index is 381. The molecule has 0 saturated heterocycles. The Balaban J connectivity index is 2.31. The van der Waals surface area contributed by atoms with E-state index in [1.165, 1.54) is 0 Å². The van der Waals surface area contributed by atoms with Gasteiger partial charge in [0.15, 0.2) is 0 Å². The van der Waals surface area contributed by atoms with Crippen LogP contribution in [-0.4, -0.2) is 41.7 Å². The van der Waals surface area contributed by atoms with E-state index in [9.17, 15) is 0 Å². The molecule has 0 aliphatic carbocycles. The molecule has 5 nitrogen and oxygen atoms in total. The maximum atomic E-state index is 5.60. The van der Waals surface area contributed by atoms with Gasteiger partial charge in [-0.1, -0.05) is 13.8 Å². The van der Waals surface area contributed by atoms with Crippen LogP contribution in [0.1, 0.15) is 47.2 Å². The van der Waals surface area contributed by atoms with Crippen LogP contribution in [0.15, 0.2) is 10.7 Å². The molecule has 0 radical (unpaired) electrons. The molecule has 0 bridgehead atoms. The summed E-state index contributed by atoms with van der Waals surface area (Å²) in [7, 11) is 0. The molecule has 0 spiro atoms. The molecule has 0 amide bonds. The first-order valence-electron chi connectivity index (χ1n) is 7.93. The number of aromatic nitrogens is 1. The second kappa shape index (κ2) is 9.05. The van der Waals surface area contributed by atoms with Crippen molar-refractivity contribution in [2.45, 2.75) is 60.2 Å². The molecule has 0 aromatic carbocycles. The summed E-state index contributed by atoms with van der Waals surface area (Å²) in [6.45, 7) is 16.3. The zero-order chi connectivity index (χ0) is 15.8. The van der Waals surface area contributed by atoms with E-state index in [1.54, 1.807) is 6.26 Å². The van der Waals surface area contributed by atoms with Crippen LogP contribution in [-0.2, 0) is 6.54 Å². The van der Waals surface area contributed by atoms with E-state index >= 15 is 0 Å². The van der Waals surface area contributed by atoms with Gasteiger partial charge in [0.25, 0.3) is 0 Å². The van der Waals surface area contributed by atoms with Crippen molar-refractivity contribution in [3.05, 3.63) is 12.0 Å². The molecule has 122 valence electrons. The third kappa shape index (κ3) is 6.96. The maximum Gasteiger partial charge on any atom is 0.393 e. The Morgan fingerprint density at radius 1 is 1.19 bits per heavy atom. The summed E-state index contributed by atoms with van der Waals surface area (Å²) >= 11 is 0. The molecule has 1 aromatic heterocycles. The fourth-order valence-corrected chi connectivity index (χ4v) is 2.28. The van der Waals surface area contributed by atoms with Crippen molar-refractivity contribution in [1.82, 2.24) is 15.2 Å². The number of oxazole rings is 1. The standard InChI is InChI=1S/C16H31N3O2/c1-12(2)9-17-10-15-11-21-16(18-15)20-8-7-19(13(3)4)14(5)6/h11-14,17H,7-10H2,1-6H3. The van der Waals surface area contributed by atoms with E-state index in [0.29, 0.717) is 30.7 Å². The van der Waals surface area contributed by atoms with Crippen molar-refractivity contribution in [2.24, 2.45) is 5.92 Å². The molecule has 0 unspecified atom stereocenters. The second-order valence-corrected chi connectivity index (χ2v) is 6.40. The molecule has 0 aliphatic heterocycles. The fourth-order valence-electron chi connectivity index (χ4n) is 2.28.